The summed E-state index contributed by atoms with van der Waals surface area (Å²) < 4.78 is 0. The topological polar surface area (TPSA) is 41.1 Å². The minimum absolute atomic E-state index is 0.176. The summed E-state index contributed by atoms with van der Waals surface area (Å²) in [5.41, 5.74) is 0. The van der Waals surface area contributed by atoms with Crippen LogP contribution in [0, 0.1) is 5.92 Å². The fourth-order valence-electron chi connectivity index (χ4n) is 2.72. The van der Waals surface area contributed by atoms with Gasteiger partial charge in [0.1, 0.15) is 0 Å². The molecule has 4 heteroatoms. The van der Waals surface area contributed by atoms with Gasteiger partial charge in [0.25, 0.3) is 0 Å². The molecule has 1 amide bonds. The lowest BCUT2D eigenvalue weighted by atomic mass is 9.92. The lowest BCUT2D eigenvalue weighted by molar-refractivity contribution is -0.126. The fraction of sp³-hybridized carbons (Fsp3) is 0.667. The van der Waals surface area contributed by atoms with Crippen molar-refractivity contribution < 1.29 is 4.79 Å². The monoisotopic (exact) mass is 280 g/mol. The van der Waals surface area contributed by atoms with Crippen molar-refractivity contribution in [3.8, 4) is 0 Å². The predicted molar refractivity (Wildman–Crippen MR) is 80.3 cm³/mol. The molecule has 0 spiro atoms. The normalized spacial score (nSPS) is 24.9. The highest BCUT2D eigenvalue weighted by Crippen LogP contribution is 2.25. The Balaban J connectivity index is 1.95. The van der Waals surface area contributed by atoms with Crippen LogP contribution >= 0.6 is 11.3 Å². The van der Waals surface area contributed by atoms with Gasteiger partial charge in [-0.1, -0.05) is 19.4 Å². The van der Waals surface area contributed by atoms with Crippen molar-refractivity contribution in [3.63, 3.8) is 0 Å². The molecule has 2 heterocycles. The van der Waals surface area contributed by atoms with E-state index in [9.17, 15) is 4.79 Å². The third-order valence-corrected chi connectivity index (χ3v) is 4.76. The maximum absolute atomic E-state index is 12.4. The lowest BCUT2D eigenvalue weighted by Gasteiger charge is -2.28. The Kier molecular flexibility index (Phi) is 5.40. The Morgan fingerprint density at radius 2 is 2.47 bits per heavy atom. The standard InChI is InChI=1S/C15H24N2OS/c1-3-5-13(14-6-4-9-19-14)17-15(18)12-7-8-16-11(2)10-12/h4,6,9,11-13,16H,3,5,7-8,10H2,1-2H3,(H,17,18). The van der Waals surface area contributed by atoms with Gasteiger partial charge in [0, 0.05) is 16.8 Å². The first kappa shape index (κ1) is 14.5. The van der Waals surface area contributed by atoms with Gasteiger partial charge in [0.05, 0.1) is 6.04 Å². The Labute approximate surface area is 119 Å². The Morgan fingerprint density at radius 1 is 1.63 bits per heavy atom. The summed E-state index contributed by atoms with van der Waals surface area (Å²) in [6.45, 7) is 5.28. The van der Waals surface area contributed by atoms with Crippen molar-refractivity contribution in [1.29, 1.82) is 0 Å². The van der Waals surface area contributed by atoms with Crippen molar-refractivity contribution in [2.24, 2.45) is 5.92 Å². The van der Waals surface area contributed by atoms with E-state index in [0.717, 1.165) is 32.2 Å². The van der Waals surface area contributed by atoms with Crippen LogP contribution in [-0.2, 0) is 4.79 Å². The number of thiophene rings is 1. The molecule has 2 N–H and O–H groups in total. The average molecular weight is 280 g/mol. The largest absolute Gasteiger partial charge is 0.348 e. The van der Waals surface area contributed by atoms with Gasteiger partial charge in [-0.05, 0) is 44.2 Å². The zero-order valence-electron chi connectivity index (χ0n) is 11.8. The van der Waals surface area contributed by atoms with Gasteiger partial charge in [-0.2, -0.15) is 0 Å². The number of hydrogen-bond donors (Lipinski definition) is 2. The van der Waals surface area contributed by atoms with E-state index in [-0.39, 0.29) is 17.9 Å². The second-order valence-electron chi connectivity index (χ2n) is 5.44. The molecule has 0 aliphatic carbocycles. The summed E-state index contributed by atoms with van der Waals surface area (Å²) in [6, 6.07) is 4.83. The Morgan fingerprint density at radius 3 is 3.11 bits per heavy atom. The summed E-state index contributed by atoms with van der Waals surface area (Å²) in [5, 5.41) is 8.73. The molecule has 1 aliphatic heterocycles. The number of nitrogens with one attached hydrogen (secondary N) is 2. The molecule has 3 atom stereocenters. The second-order valence-corrected chi connectivity index (χ2v) is 6.42. The van der Waals surface area contributed by atoms with E-state index in [0.29, 0.717) is 6.04 Å². The molecular formula is C15H24N2OS. The number of carbonyl (C=O) groups excluding carboxylic acids is 1. The first-order valence-electron chi connectivity index (χ1n) is 7.27. The molecular weight excluding hydrogens is 256 g/mol. The zero-order valence-corrected chi connectivity index (χ0v) is 12.6. The zero-order chi connectivity index (χ0) is 13.7. The minimum atomic E-state index is 0.176. The first-order valence-corrected chi connectivity index (χ1v) is 8.15. The maximum atomic E-state index is 12.4. The molecule has 2 rings (SSSR count). The van der Waals surface area contributed by atoms with Crippen LogP contribution in [-0.4, -0.2) is 18.5 Å². The average Bonchev–Trinajstić information content (AvgIpc) is 2.92. The molecule has 106 valence electrons. The van der Waals surface area contributed by atoms with Crippen molar-refractivity contribution in [2.75, 3.05) is 6.54 Å². The van der Waals surface area contributed by atoms with Gasteiger partial charge in [-0.15, -0.1) is 11.3 Å². The van der Waals surface area contributed by atoms with Crippen LogP contribution in [0.2, 0.25) is 0 Å². The second kappa shape index (κ2) is 7.06. The molecule has 0 radical (unpaired) electrons. The lowest BCUT2D eigenvalue weighted by Crippen LogP contribution is -2.43. The van der Waals surface area contributed by atoms with Crippen LogP contribution in [0.15, 0.2) is 17.5 Å². The minimum Gasteiger partial charge on any atom is -0.348 e. The maximum Gasteiger partial charge on any atom is 0.223 e. The van der Waals surface area contributed by atoms with Crippen molar-refractivity contribution in [2.45, 2.75) is 51.6 Å². The van der Waals surface area contributed by atoms with E-state index < -0.39 is 0 Å². The summed E-state index contributed by atoms with van der Waals surface area (Å²) in [6.07, 6.45) is 4.02. The molecule has 1 fully saturated rings. The highest BCUT2D eigenvalue weighted by molar-refractivity contribution is 7.10. The van der Waals surface area contributed by atoms with E-state index in [1.165, 1.54) is 4.88 Å². The van der Waals surface area contributed by atoms with Crippen molar-refractivity contribution in [3.05, 3.63) is 22.4 Å². The predicted octanol–water partition coefficient (Wildman–Crippen LogP) is 3.09. The van der Waals surface area contributed by atoms with Crippen LogP contribution in [0.1, 0.15) is 50.4 Å². The molecule has 0 aromatic carbocycles. The number of hydrogen-bond acceptors (Lipinski definition) is 3. The highest BCUT2D eigenvalue weighted by atomic mass is 32.1. The van der Waals surface area contributed by atoms with Crippen LogP contribution in [0.3, 0.4) is 0 Å². The third-order valence-electron chi connectivity index (χ3n) is 3.77. The number of carbonyl (C=O) groups is 1. The quantitative estimate of drug-likeness (QED) is 0.870. The smallest absolute Gasteiger partial charge is 0.223 e. The van der Waals surface area contributed by atoms with E-state index in [1.807, 2.05) is 0 Å². The Hall–Kier alpha value is -0.870. The molecule has 3 unspecified atom stereocenters. The van der Waals surface area contributed by atoms with Gasteiger partial charge < -0.3 is 10.6 Å². The summed E-state index contributed by atoms with van der Waals surface area (Å²) >= 11 is 1.73. The summed E-state index contributed by atoms with van der Waals surface area (Å²) in [7, 11) is 0. The van der Waals surface area contributed by atoms with E-state index in [2.05, 4.69) is 42.0 Å². The number of amides is 1. The molecule has 0 bridgehead atoms. The molecule has 0 saturated carbocycles. The number of rotatable bonds is 5. The number of piperidine rings is 1. The van der Waals surface area contributed by atoms with E-state index >= 15 is 0 Å². The highest BCUT2D eigenvalue weighted by Gasteiger charge is 2.26. The van der Waals surface area contributed by atoms with Gasteiger partial charge in [-0.25, -0.2) is 0 Å². The summed E-state index contributed by atoms with van der Waals surface area (Å²) in [4.78, 5) is 13.7. The van der Waals surface area contributed by atoms with E-state index in [1.54, 1.807) is 11.3 Å². The molecule has 1 aromatic heterocycles. The van der Waals surface area contributed by atoms with Crippen molar-refractivity contribution in [1.82, 2.24) is 10.6 Å². The van der Waals surface area contributed by atoms with Crippen LogP contribution in [0.4, 0.5) is 0 Å². The molecule has 1 aliphatic rings. The van der Waals surface area contributed by atoms with Gasteiger partial charge in [-0.3, -0.25) is 4.79 Å². The molecule has 19 heavy (non-hydrogen) atoms. The Bertz CT molecular complexity index is 391. The van der Waals surface area contributed by atoms with Gasteiger partial charge in [0.2, 0.25) is 5.91 Å². The van der Waals surface area contributed by atoms with Gasteiger partial charge in [0.15, 0.2) is 0 Å². The van der Waals surface area contributed by atoms with Crippen LogP contribution in [0.5, 0.6) is 0 Å². The van der Waals surface area contributed by atoms with Crippen LogP contribution < -0.4 is 10.6 Å². The van der Waals surface area contributed by atoms with Crippen molar-refractivity contribution >= 4 is 17.2 Å². The molecule has 1 saturated heterocycles. The summed E-state index contributed by atoms with van der Waals surface area (Å²) in [5.74, 6) is 0.413. The molecule has 1 aromatic rings. The van der Waals surface area contributed by atoms with Crippen LogP contribution in [0.25, 0.3) is 0 Å². The SMILES string of the molecule is CCCC(NC(=O)C1CCNC(C)C1)c1cccs1. The fourth-order valence-corrected chi connectivity index (χ4v) is 3.54. The van der Waals surface area contributed by atoms with Gasteiger partial charge >= 0.3 is 0 Å². The first-order chi connectivity index (χ1) is 9.20. The molecule has 3 nitrogen and oxygen atoms in total. The van der Waals surface area contributed by atoms with E-state index in [4.69, 9.17) is 0 Å². The third kappa shape index (κ3) is 4.05.